The topological polar surface area (TPSA) is 121 Å². The fraction of sp³-hybridized carbons (Fsp3) is 0.591. The summed E-state index contributed by atoms with van der Waals surface area (Å²) in [7, 11) is 0. The molecule has 3 amide bonds. The van der Waals surface area contributed by atoms with E-state index in [9.17, 15) is 14.4 Å². The van der Waals surface area contributed by atoms with Crippen LogP contribution in [-0.2, 0) is 14.4 Å². The van der Waals surface area contributed by atoms with Crippen LogP contribution in [-0.4, -0.2) is 60.9 Å². The number of piperidine rings is 2. The quantitative estimate of drug-likeness (QED) is 0.532. The van der Waals surface area contributed by atoms with Crippen LogP contribution in [0.3, 0.4) is 0 Å². The predicted octanol–water partition coefficient (Wildman–Crippen LogP) is 0.352. The lowest BCUT2D eigenvalue weighted by molar-refractivity contribution is -0.148. The fourth-order valence-electron chi connectivity index (χ4n) is 5.10. The number of nitrogens with one attached hydrogen (secondary N) is 4. The minimum Gasteiger partial charge on any atom is -0.486 e. The van der Waals surface area contributed by atoms with Gasteiger partial charge in [-0.3, -0.25) is 24.6 Å². The molecule has 5 unspecified atom stereocenters. The van der Waals surface area contributed by atoms with Gasteiger partial charge in [-0.1, -0.05) is 6.42 Å². The maximum absolute atomic E-state index is 13.1. The number of amides is 3. The second kappa shape index (κ2) is 8.59. The van der Waals surface area contributed by atoms with Gasteiger partial charge >= 0.3 is 0 Å². The highest BCUT2D eigenvalue weighted by Gasteiger charge is 2.49. The van der Waals surface area contributed by atoms with Gasteiger partial charge in [0.25, 0.3) is 0 Å². The molecule has 4 N–H and O–H groups in total. The summed E-state index contributed by atoms with van der Waals surface area (Å²) in [5, 5.41) is 12.1. The summed E-state index contributed by atoms with van der Waals surface area (Å²) < 4.78 is 11.1. The molecule has 1 aromatic rings. The summed E-state index contributed by atoms with van der Waals surface area (Å²) in [6.45, 7) is 3.94. The van der Waals surface area contributed by atoms with Crippen LogP contribution in [0.1, 0.15) is 32.6 Å². The standard InChI is InChI=1S/C22H29N5O5/c1-12-4-2-3-7-27(12)22-25-19-18(21(30)26-22)14(11-17(28)24-19)20(29)23-13-5-6-15-16(10-13)32-9-8-31-15/h5-6,10,12,14,18-19,22,25H,2-4,7-9,11H2,1H3,(H,23,29)(H,24,28)(H,26,30). The van der Waals surface area contributed by atoms with Crippen molar-refractivity contribution in [3.05, 3.63) is 18.2 Å². The number of anilines is 1. The summed E-state index contributed by atoms with van der Waals surface area (Å²) in [5.41, 5.74) is 0.533. The van der Waals surface area contributed by atoms with Gasteiger partial charge in [0, 0.05) is 30.8 Å². The van der Waals surface area contributed by atoms with Crippen molar-refractivity contribution in [2.24, 2.45) is 11.8 Å². The number of nitrogens with zero attached hydrogens (tertiary/aromatic N) is 1. The highest BCUT2D eigenvalue weighted by molar-refractivity contribution is 6.00. The number of rotatable bonds is 3. The average molecular weight is 444 g/mol. The van der Waals surface area contributed by atoms with Crippen LogP contribution in [0.25, 0.3) is 0 Å². The van der Waals surface area contributed by atoms with E-state index in [1.807, 2.05) is 0 Å². The molecule has 4 aliphatic rings. The highest BCUT2D eigenvalue weighted by atomic mass is 16.6. The first kappa shape index (κ1) is 21.0. The Balaban J connectivity index is 1.31. The lowest BCUT2D eigenvalue weighted by Crippen LogP contribution is -2.75. The number of hydrogen-bond donors (Lipinski definition) is 4. The van der Waals surface area contributed by atoms with E-state index in [2.05, 4.69) is 33.1 Å². The first-order valence-corrected chi connectivity index (χ1v) is 11.3. The molecular formula is C22H29N5O5. The van der Waals surface area contributed by atoms with Gasteiger partial charge in [0.2, 0.25) is 17.7 Å². The van der Waals surface area contributed by atoms with Gasteiger partial charge in [-0.2, -0.15) is 0 Å². The number of hydrogen-bond acceptors (Lipinski definition) is 7. The molecule has 5 rings (SSSR count). The van der Waals surface area contributed by atoms with Gasteiger partial charge in [-0.25, -0.2) is 0 Å². The molecule has 0 spiro atoms. The second-order valence-electron chi connectivity index (χ2n) is 8.89. The SMILES string of the molecule is CC1CCCCN1C1NC(=O)C2C(NC(=O)CC2C(=O)Nc2ccc3c(c2)OCCO3)N1. The molecule has 32 heavy (non-hydrogen) atoms. The Morgan fingerprint density at radius 1 is 1.12 bits per heavy atom. The van der Waals surface area contributed by atoms with Crippen molar-refractivity contribution in [3.8, 4) is 11.5 Å². The van der Waals surface area contributed by atoms with Crippen LogP contribution in [0, 0.1) is 11.8 Å². The Morgan fingerprint density at radius 3 is 2.75 bits per heavy atom. The minimum atomic E-state index is -0.783. The Kier molecular flexibility index (Phi) is 5.64. The van der Waals surface area contributed by atoms with Gasteiger partial charge in [-0.05, 0) is 31.9 Å². The Bertz CT molecular complexity index is 924. The first-order chi connectivity index (χ1) is 15.5. The molecule has 4 aliphatic heterocycles. The van der Waals surface area contributed by atoms with E-state index in [0.29, 0.717) is 36.4 Å². The summed E-state index contributed by atoms with van der Waals surface area (Å²) in [6.07, 6.45) is 2.30. The molecule has 172 valence electrons. The van der Waals surface area contributed by atoms with Crippen LogP contribution < -0.4 is 30.7 Å². The molecule has 1 aromatic carbocycles. The molecule has 10 heteroatoms. The van der Waals surface area contributed by atoms with Crippen molar-refractivity contribution in [1.29, 1.82) is 0 Å². The molecule has 0 saturated carbocycles. The molecule has 10 nitrogen and oxygen atoms in total. The van der Waals surface area contributed by atoms with Crippen LogP contribution in [0.4, 0.5) is 5.69 Å². The third-order valence-corrected chi connectivity index (χ3v) is 6.77. The van der Waals surface area contributed by atoms with Crippen molar-refractivity contribution in [2.45, 2.75) is 51.1 Å². The van der Waals surface area contributed by atoms with Gasteiger partial charge in [0.15, 0.2) is 11.5 Å². The molecule has 0 aromatic heterocycles. The molecule has 5 atom stereocenters. The zero-order valence-electron chi connectivity index (χ0n) is 18.1. The maximum atomic E-state index is 13.1. The maximum Gasteiger partial charge on any atom is 0.229 e. The lowest BCUT2D eigenvalue weighted by Gasteiger charge is -2.48. The number of ether oxygens (including phenoxy) is 2. The molecule has 4 heterocycles. The highest BCUT2D eigenvalue weighted by Crippen LogP contribution is 2.34. The van der Waals surface area contributed by atoms with E-state index in [1.54, 1.807) is 18.2 Å². The van der Waals surface area contributed by atoms with Crippen molar-refractivity contribution in [2.75, 3.05) is 25.1 Å². The monoisotopic (exact) mass is 443 g/mol. The number of fused-ring (bicyclic) bond motifs is 2. The average Bonchev–Trinajstić information content (AvgIpc) is 2.78. The summed E-state index contributed by atoms with van der Waals surface area (Å²) in [4.78, 5) is 40.9. The largest absolute Gasteiger partial charge is 0.486 e. The van der Waals surface area contributed by atoms with Gasteiger partial charge in [0.1, 0.15) is 19.5 Å². The van der Waals surface area contributed by atoms with Gasteiger partial charge in [-0.15, -0.1) is 0 Å². The van der Waals surface area contributed by atoms with E-state index >= 15 is 0 Å². The van der Waals surface area contributed by atoms with Gasteiger partial charge in [0.05, 0.1) is 18.0 Å². The zero-order valence-corrected chi connectivity index (χ0v) is 18.1. The van der Waals surface area contributed by atoms with Crippen molar-refractivity contribution in [1.82, 2.24) is 20.9 Å². The van der Waals surface area contributed by atoms with Crippen molar-refractivity contribution >= 4 is 23.4 Å². The van der Waals surface area contributed by atoms with Crippen molar-refractivity contribution < 1.29 is 23.9 Å². The summed E-state index contributed by atoms with van der Waals surface area (Å²) >= 11 is 0. The van der Waals surface area contributed by atoms with Crippen LogP contribution in [0.15, 0.2) is 18.2 Å². The van der Waals surface area contributed by atoms with E-state index in [0.717, 1.165) is 19.4 Å². The van der Waals surface area contributed by atoms with E-state index < -0.39 is 18.0 Å². The molecule has 0 aliphatic carbocycles. The Morgan fingerprint density at radius 2 is 1.94 bits per heavy atom. The summed E-state index contributed by atoms with van der Waals surface area (Å²) in [5.74, 6) is -1.13. The predicted molar refractivity (Wildman–Crippen MR) is 115 cm³/mol. The van der Waals surface area contributed by atoms with Crippen molar-refractivity contribution in [3.63, 3.8) is 0 Å². The molecule has 0 radical (unpaired) electrons. The number of carbonyl (C=O) groups excluding carboxylic acids is 3. The molecular weight excluding hydrogens is 414 g/mol. The van der Waals surface area contributed by atoms with Crippen LogP contribution >= 0.6 is 0 Å². The minimum absolute atomic E-state index is 0.0442. The number of carbonyl (C=O) groups is 3. The number of likely N-dealkylation sites (tertiary alicyclic amines) is 1. The normalized spacial score (nSPS) is 32.3. The Labute approximate surface area is 186 Å². The lowest BCUT2D eigenvalue weighted by atomic mass is 9.81. The number of benzene rings is 1. The van der Waals surface area contributed by atoms with Crippen LogP contribution in [0.2, 0.25) is 0 Å². The van der Waals surface area contributed by atoms with Gasteiger partial charge < -0.3 is 25.4 Å². The first-order valence-electron chi connectivity index (χ1n) is 11.3. The van der Waals surface area contributed by atoms with Crippen LogP contribution in [0.5, 0.6) is 11.5 Å². The third-order valence-electron chi connectivity index (χ3n) is 6.77. The molecule has 3 saturated heterocycles. The molecule has 3 fully saturated rings. The smallest absolute Gasteiger partial charge is 0.229 e. The third kappa shape index (κ3) is 4.00. The summed E-state index contributed by atoms with van der Waals surface area (Å²) in [6, 6.07) is 5.48. The Hall–Kier alpha value is -2.85. The fourth-order valence-corrected chi connectivity index (χ4v) is 5.10. The van der Waals surface area contributed by atoms with E-state index in [-0.39, 0.29) is 30.4 Å². The zero-order chi connectivity index (χ0) is 22.2. The second-order valence-corrected chi connectivity index (χ2v) is 8.89. The van der Waals surface area contributed by atoms with E-state index in [4.69, 9.17) is 9.47 Å². The van der Waals surface area contributed by atoms with E-state index in [1.165, 1.54) is 6.42 Å². The molecule has 0 bridgehead atoms.